The number of aromatic nitrogens is 3. The lowest BCUT2D eigenvalue weighted by Crippen LogP contribution is -2.65. The fourth-order valence-electron chi connectivity index (χ4n) is 5.22. The number of hydrogen-bond donors (Lipinski definition) is 1. The van der Waals surface area contributed by atoms with Crippen molar-refractivity contribution in [3.05, 3.63) is 71.9 Å². The molecule has 3 fully saturated rings. The molecule has 1 saturated carbocycles. The number of halogens is 4. The minimum absolute atomic E-state index is 0.0117. The summed E-state index contributed by atoms with van der Waals surface area (Å²) in [5.41, 5.74) is -0.874. The summed E-state index contributed by atoms with van der Waals surface area (Å²) in [6.07, 6.45) is 0.340. The van der Waals surface area contributed by atoms with Crippen molar-refractivity contribution in [1.29, 1.82) is 0 Å². The van der Waals surface area contributed by atoms with Crippen LogP contribution >= 0.6 is 0 Å². The van der Waals surface area contributed by atoms with Gasteiger partial charge in [-0.3, -0.25) is 4.79 Å². The molecule has 4 atom stereocenters. The Morgan fingerprint density at radius 3 is 2.53 bits per heavy atom. The Morgan fingerprint density at radius 2 is 1.86 bits per heavy atom. The molecule has 188 valence electrons. The maximum Gasteiger partial charge on any atom is 0.417 e. The number of nitrogens with zero attached hydrogens (tertiary/aromatic N) is 4. The average Bonchev–Trinajstić information content (AvgIpc) is 2.88. The number of rotatable bonds is 5. The number of hydrogen-bond acceptors (Lipinski definition) is 6. The van der Waals surface area contributed by atoms with Crippen molar-refractivity contribution in [2.24, 2.45) is 5.92 Å². The third-order valence-electron chi connectivity index (χ3n) is 6.85. The molecule has 6 rings (SSSR count). The minimum atomic E-state index is -4.52. The van der Waals surface area contributed by atoms with E-state index in [1.165, 1.54) is 35.5 Å². The number of aliphatic hydroxyl groups excluding tert-OH is 1. The predicted octanol–water partition coefficient (Wildman–Crippen LogP) is 4.13. The van der Waals surface area contributed by atoms with Gasteiger partial charge in [-0.2, -0.15) is 13.2 Å². The first-order valence-electron chi connectivity index (χ1n) is 11.5. The molecule has 3 aromatic rings. The van der Waals surface area contributed by atoms with Crippen molar-refractivity contribution in [2.45, 2.75) is 43.6 Å². The lowest BCUT2D eigenvalue weighted by atomic mass is 9.72. The molecule has 2 saturated heterocycles. The molecule has 1 aliphatic carbocycles. The minimum Gasteiger partial charge on any atom is -0.472 e. The smallest absolute Gasteiger partial charge is 0.417 e. The van der Waals surface area contributed by atoms with Crippen LogP contribution in [0, 0.1) is 11.7 Å². The molecule has 0 radical (unpaired) electrons. The monoisotopic (exact) mass is 502 g/mol. The number of pyridine rings is 1. The molecule has 7 nitrogen and oxygen atoms in total. The third-order valence-corrected chi connectivity index (χ3v) is 6.85. The fraction of sp³-hybridized carbons (Fsp3) is 0.360. The van der Waals surface area contributed by atoms with E-state index in [4.69, 9.17) is 4.74 Å². The molecule has 1 amide bonds. The van der Waals surface area contributed by atoms with Gasteiger partial charge in [-0.15, -0.1) is 0 Å². The van der Waals surface area contributed by atoms with Gasteiger partial charge in [-0.1, -0.05) is 6.07 Å². The Morgan fingerprint density at radius 1 is 1.08 bits per heavy atom. The Kier molecular flexibility index (Phi) is 6.33. The molecule has 36 heavy (non-hydrogen) atoms. The molecule has 2 bridgehead atoms. The highest BCUT2D eigenvalue weighted by molar-refractivity contribution is 6.00. The Balaban J connectivity index is 1.46. The van der Waals surface area contributed by atoms with Gasteiger partial charge in [0.2, 0.25) is 5.88 Å². The van der Waals surface area contributed by atoms with E-state index < -0.39 is 41.7 Å². The van der Waals surface area contributed by atoms with Crippen molar-refractivity contribution >= 4 is 5.91 Å². The van der Waals surface area contributed by atoms with E-state index >= 15 is 0 Å². The van der Waals surface area contributed by atoms with Gasteiger partial charge in [0.15, 0.2) is 5.82 Å². The van der Waals surface area contributed by atoms with Crippen molar-refractivity contribution in [3.63, 3.8) is 0 Å². The van der Waals surface area contributed by atoms with Gasteiger partial charge in [0, 0.05) is 24.7 Å². The standard InChI is InChI=1S/C25H22F4N4O3/c26-17-4-1-3-16(22(17)23-30-9-2-10-31-23)24(35)33-18-7-5-14(19(33)13-34)11-20(18)36-21-8-6-15(12-32-21)25(27,28)29/h1-4,6,8-10,12,14,18-20,34H,5,7,11,13H2. The van der Waals surface area contributed by atoms with Crippen molar-refractivity contribution < 1.29 is 32.2 Å². The second-order valence-corrected chi connectivity index (χ2v) is 8.88. The van der Waals surface area contributed by atoms with Crippen LogP contribution in [0.2, 0.25) is 0 Å². The summed E-state index contributed by atoms with van der Waals surface area (Å²) < 4.78 is 59.5. The number of ether oxygens (including phenoxy) is 1. The molecule has 1 aromatic carbocycles. The van der Waals surface area contributed by atoms with Gasteiger partial charge in [0.25, 0.3) is 5.91 Å². The number of benzene rings is 1. The third kappa shape index (κ3) is 4.39. The van der Waals surface area contributed by atoms with E-state index in [1.54, 1.807) is 6.07 Å². The van der Waals surface area contributed by atoms with Gasteiger partial charge >= 0.3 is 6.18 Å². The summed E-state index contributed by atoms with van der Waals surface area (Å²) in [6, 6.07) is 6.75. The van der Waals surface area contributed by atoms with Crippen molar-refractivity contribution in [2.75, 3.05) is 6.61 Å². The largest absolute Gasteiger partial charge is 0.472 e. The zero-order valence-corrected chi connectivity index (χ0v) is 18.9. The number of aliphatic hydroxyl groups is 1. The quantitative estimate of drug-likeness (QED) is 0.528. The van der Waals surface area contributed by atoms with Gasteiger partial charge in [-0.25, -0.2) is 19.3 Å². The van der Waals surface area contributed by atoms with Crippen LogP contribution in [0.5, 0.6) is 5.88 Å². The first-order chi connectivity index (χ1) is 17.3. The van der Waals surface area contributed by atoms with E-state index in [0.29, 0.717) is 19.0 Å². The Bertz CT molecular complexity index is 1240. The maximum atomic E-state index is 14.9. The molecule has 0 spiro atoms. The molecule has 2 aliphatic heterocycles. The van der Waals surface area contributed by atoms with Crippen LogP contribution in [0.4, 0.5) is 17.6 Å². The molecule has 4 heterocycles. The topological polar surface area (TPSA) is 88.4 Å². The number of carbonyl (C=O) groups is 1. The number of piperidine rings is 2. The molecular formula is C25H22F4N4O3. The van der Waals surface area contributed by atoms with Gasteiger partial charge < -0.3 is 14.7 Å². The lowest BCUT2D eigenvalue weighted by Gasteiger charge is -2.54. The summed E-state index contributed by atoms with van der Waals surface area (Å²) in [4.78, 5) is 27.4. The summed E-state index contributed by atoms with van der Waals surface area (Å²) in [7, 11) is 0. The fourth-order valence-corrected chi connectivity index (χ4v) is 5.22. The van der Waals surface area contributed by atoms with E-state index in [2.05, 4.69) is 15.0 Å². The number of carbonyl (C=O) groups excluding carboxylic acids is 1. The maximum absolute atomic E-state index is 14.9. The first kappa shape index (κ1) is 24.1. The molecule has 4 unspecified atom stereocenters. The van der Waals surface area contributed by atoms with Crippen LogP contribution in [0.25, 0.3) is 11.4 Å². The SMILES string of the molecule is O=C(c1cccc(F)c1-c1ncccn1)N1C(CO)C2CCC1C(Oc1ccc(C(F)(F)F)cn1)C2. The summed E-state index contributed by atoms with van der Waals surface area (Å²) in [5, 5.41) is 10.2. The first-order valence-corrected chi connectivity index (χ1v) is 11.5. The molecular weight excluding hydrogens is 480 g/mol. The van der Waals surface area contributed by atoms with Crippen LogP contribution in [0.3, 0.4) is 0 Å². The Labute approximate surface area is 203 Å². The van der Waals surface area contributed by atoms with E-state index in [9.17, 15) is 27.5 Å². The van der Waals surface area contributed by atoms with Crippen LogP contribution in [-0.2, 0) is 6.18 Å². The molecule has 1 N–H and O–H groups in total. The molecule has 11 heteroatoms. The van der Waals surface area contributed by atoms with E-state index in [0.717, 1.165) is 18.6 Å². The number of amides is 1. The van der Waals surface area contributed by atoms with Gasteiger partial charge in [-0.05, 0) is 49.4 Å². The normalized spacial score (nSPS) is 23.5. The van der Waals surface area contributed by atoms with E-state index in [1.807, 2.05) is 0 Å². The number of alkyl halides is 3. The Hall–Kier alpha value is -3.60. The second kappa shape index (κ2) is 9.45. The second-order valence-electron chi connectivity index (χ2n) is 8.88. The van der Waals surface area contributed by atoms with Crippen LogP contribution in [0.1, 0.15) is 35.2 Å². The zero-order valence-electron chi connectivity index (χ0n) is 18.9. The van der Waals surface area contributed by atoms with Crippen molar-refractivity contribution in [3.8, 4) is 17.3 Å². The summed E-state index contributed by atoms with van der Waals surface area (Å²) in [6.45, 7) is -0.287. The molecule has 2 aromatic heterocycles. The van der Waals surface area contributed by atoms with Gasteiger partial charge in [0.1, 0.15) is 11.9 Å². The highest BCUT2D eigenvalue weighted by Crippen LogP contribution is 2.42. The van der Waals surface area contributed by atoms with E-state index in [-0.39, 0.29) is 35.4 Å². The number of fused-ring (bicyclic) bond motifs is 3. The van der Waals surface area contributed by atoms with Gasteiger partial charge in [0.05, 0.1) is 35.4 Å². The van der Waals surface area contributed by atoms with Crippen LogP contribution < -0.4 is 4.74 Å². The molecule has 3 aliphatic rings. The summed E-state index contributed by atoms with van der Waals surface area (Å²) >= 11 is 0. The average molecular weight is 502 g/mol. The zero-order chi connectivity index (χ0) is 25.4. The highest BCUT2D eigenvalue weighted by Gasteiger charge is 2.50. The predicted molar refractivity (Wildman–Crippen MR) is 119 cm³/mol. The van der Waals surface area contributed by atoms with Crippen LogP contribution in [-0.4, -0.2) is 55.7 Å². The van der Waals surface area contributed by atoms with Crippen molar-refractivity contribution in [1.82, 2.24) is 19.9 Å². The lowest BCUT2D eigenvalue weighted by molar-refractivity contribution is -0.137. The van der Waals surface area contributed by atoms with Crippen LogP contribution in [0.15, 0.2) is 55.0 Å². The highest BCUT2D eigenvalue weighted by atomic mass is 19.4. The summed E-state index contributed by atoms with van der Waals surface area (Å²) in [5.74, 6) is -1.19.